The lowest BCUT2D eigenvalue weighted by molar-refractivity contribution is 0.215. The summed E-state index contributed by atoms with van der Waals surface area (Å²) in [5, 5.41) is 0. The Morgan fingerprint density at radius 2 is 1.89 bits per heavy atom. The van der Waals surface area contributed by atoms with Gasteiger partial charge in [0.1, 0.15) is 0 Å². The van der Waals surface area contributed by atoms with Crippen LogP contribution in [0.25, 0.3) is 0 Å². The number of nitrogens with zero attached hydrogens (tertiary/aromatic N) is 3. The maximum Gasteiger partial charge on any atom is 0.324 e. The van der Waals surface area contributed by atoms with Crippen LogP contribution >= 0.6 is 0 Å². The van der Waals surface area contributed by atoms with E-state index in [1.54, 1.807) is 4.90 Å². The fourth-order valence-corrected chi connectivity index (χ4v) is 2.00. The highest BCUT2D eigenvalue weighted by atomic mass is 16.2. The molecule has 18 heavy (non-hydrogen) atoms. The summed E-state index contributed by atoms with van der Waals surface area (Å²) < 4.78 is 0. The fraction of sp³-hybridized carbons (Fsp3) is 0.462. The standard InChI is InChI=1S/C13H20N4O/c1-15(2)7-8-16-9-10-17(13(16)18)12-5-3-11(14)4-6-12/h3-6H,7-10,14H2,1-2H3. The van der Waals surface area contributed by atoms with Gasteiger partial charge in [-0.2, -0.15) is 0 Å². The van der Waals surface area contributed by atoms with Gasteiger partial charge in [0, 0.05) is 37.6 Å². The molecule has 0 spiro atoms. The van der Waals surface area contributed by atoms with E-state index in [-0.39, 0.29) is 6.03 Å². The summed E-state index contributed by atoms with van der Waals surface area (Å²) in [6, 6.07) is 7.52. The third-order valence-electron chi connectivity index (χ3n) is 3.12. The molecule has 1 aromatic rings. The topological polar surface area (TPSA) is 52.8 Å². The SMILES string of the molecule is CN(C)CCN1CCN(c2ccc(N)cc2)C1=O. The average molecular weight is 248 g/mol. The van der Waals surface area contributed by atoms with Crippen molar-refractivity contribution in [2.75, 3.05) is 50.9 Å². The molecular weight excluding hydrogens is 228 g/mol. The smallest absolute Gasteiger partial charge is 0.324 e. The molecule has 0 radical (unpaired) electrons. The van der Waals surface area contributed by atoms with Crippen LogP contribution in [0, 0.1) is 0 Å². The van der Waals surface area contributed by atoms with Gasteiger partial charge < -0.3 is 15.5 Å². The molecule has 0 bridgehead atoms. The van der Waals surface area contributed by atoms with Crippen molar-refractivity contribution in [2.45, 2.75) is 0 Å². The molecule has 0 aliphatic carbocycles. The van der Waals surface area contributed by atoms with Crippen LogP contribution in [0.1, 0.15) is 0 Å². The molecule has 1 aliphatic heterocycles. The van der Waals surface area contributed by atoms with E-state index in [1.165, 1.54) is 0 Å². The van der Waals surface area contributed by atoms with Crippen molar-refractivity contribution in [3.8, 4) is 0 Å². The second-order valence-corrected chi connectivity index (χ2v) is 4.82. The zero-order valence-electron chi connectivity index (χ0n) is 11.0. The van der Waals surface area contributed by atoms with Crippen LogP contribution in [-0.4, -0.2) is 56.1 Å². The summed E-state index contributed by atoms with van der Waals surface area (Å²) in [7, 11) is 4.02. The predicted octanol–water partition coefficient (Wildman–Crippen LogP) is 1.07. The summed E-state index contributed by atoms with van der Waals surface area (Å²) >= 11 is 0. The summed E-state index contributed by atoms with van der Waals surface area (Å²) in [6.45, 7) is 3.20. The summed E-state index contributed by atoms with van der Waals surface area (Å²) in [5.41, 5.74) is 7.28. The number of benzene rings is 1. The van der Waals surface area contributed by atoms with Crippen LogP contribution in [0.5, 0.6) is 0 Å². The molecule has 1 heterocycles. The first-order valence-electron chi connectivity index (χ1n) is 6.14. The third kappa shape index (κ3) is 2.73. The number of carbonyl (C=O) groups is 1. The number of likely N-dealkylation sites (N-methyl/N-ethyl adjacent to an activating group) is 1. The number of anilines is 2. The molecule has 0 unspecified atom stereocenters. The molecule has 0 aromatic heterocycles. The van der Waals surface area contributed by atoms with Gasteiger partial charge in [0.25, 0.3) is 0 Å². The number of nitrogen functional groups attached to an aromatic ring is 1. The minimum Gasteiger partial charge on any atom is -0.399 e. The fourth-order valence-electron chi connectivity index (χ4n) is 2.00. The normalized spacial score (nSPS) is 15.8. The minimum absolute atomic E-state index is 0.0848. The van der Waals surface area contributed by atoms with Gasteiger partial charge in [0.2, 0.25) is 0 Å². The van der Waals surface area contributed by atoms with E-state index in [2.05, 4.69) is 4.90 Å². The van der Waals surface area contributed by atoms with Gasteiger partial charge >= 0.3 is 6.03 Å². The number of hydrogen-bond acceptors (Lipinski definition) is 3. The molecule has 2 amide bonds. The second kappa shape index (κ2) is 5.27. The van der Waals surface area contributed by atoms with Crippen LogP contribution < -0.4 is 10.6 Å². The lowest BCUT2D eigenvalue weighted by atomic mass is 10.2. The number of carbonyl (C=O) groups excluding carboxylic acids is 1. The summed E-state index contributed by atoms with van der Waals surface area (Å²) in [4.78, 5) is 18.0. The zero-order chi connectivity index (χ0) is 13.1. The van der Waals surface area contributed by atoms with E-state index in [0.717, 1.165) is 37.6 Å². The summed E-state index contributed by atoms with van der Waals surface area (Å²) in [5.74, 6) is 0. The molecule has 1 saturated heterocycles. The molecule has 0 saturated carbocycles. The molecule has 2 rings (SSSR count). The largest absolute Gasteiger partial charge is 0.399 e. The highest BCUT2D eigenvalue weighted by Crippen LogP contribution is 2.21. The van der Waals surface area contributed by atoms with Crippen LogP contribution in [0.2, 0.25) is 0 Å². The van der Waals surface area contributed by atoms with Crippen LogP contribution in [-0.2, 0) is 0 Å². The minimum atomic E-state index is 0.0848. The van der Waals surface area contributed by atoms with Crippen molar-refractivity contribution in [3.05, 3.63) is 24.3 Å². The number of hydrogen-bond donors (Lipinski definition) is 1. The molecule has 5 nitrogen and oxygen atoms in total. The maximum absolute atomic E-state index is 12.2. The molecular formula is C13H20N4O. The number of amides is 2. The number of urea groups is 1. The van der Waals surface area contributed by atoms with Gasteiger partial charge in [-0.3, -0.25) is 4.90 Å². The Morgan fingerprint density at radius 3 is 2.50 bits per heavy atom. The number of rotatable bonds is 4. The highest BCUT2D eigenvalue weighted by molar-refractivity contribution is 5.94. The predicted molar refractivity (Wildman–Crippen MR) is 73.7 cm³/mol. The zero-order valence-corrected chi connectivity index (χ0v) is 11.0. The Balaban J connectivity index is 2.00. The van der Waals surface area contributed by atoms with E-state index in [0.29, 0.717) is 0 Å². The van der Waals surface area contributed by atoms with Crippen molar-refractivity contribution in [3.63, 3.8) is 0 Å². The lowest BCUT2D eigenvalue weighted by Gasteiger charge is -2.20. The van der Waals surface area contributed by atoms with E-state index < -0.39 is 0 Å². The summed E-state index contributed by atoms with van der Waals surface area (Å²) in [6.07, 6.45) is 0. The van der Waals surface area contributed by atoms with Gasteiger partial charge in [-0.15, -0.1) is 0 Å². The molecule has 1 aliphatic rings. The Morgan fingerprint density at radius 1 is 1.22 bits per heavy atom. The second-order valence-electron chi connectivity index (χ2n) is 4.82. The Bertz CT molecular complexity index is 416. The molecule has 2 N–H and O–H groups in total. The number of nitrogens with two attached hydrogens (primary N) is 1. The average Bonchev–Trinajstić information content (AvgIpc) is 2.69. The van der Waals surface area contributed by atoms with Crippen molar-refractivity contribution < 1.29 is 4.79 Å². The first-order valence-corrected chi connectivity index (χ1v) is 6.14. The Labute approximate surface area is 108 Å². The van der Waals surface area contributed by atoms with E-state index in [4.69, 9.17) is 5.73 Å². The van der Waals surface area contributed by atoms with E-state index in [9.17, 15) is 4.79 Å². The first-order chi connectivity index (χ1) is 8.58. The molecule has 1 fully saturated rings. The van der Waals surface area contributed by atoms with Crippen molar-refractivity contribution >= 4 is 17.4 Å². The van der Waals surface area contributed by atoms with Crippen molar-refractivity contribution in [1.29, 1.82) is 0 Å². The van der Waals surface area contributed by atoms with Crippen molar-refractivity contribution in [2.24, 2.45) is 0 Å². The van der Waals surface area contributed by atoms with Gasteiger partial charge in [-0.1, -0.05) is 0 Å². The molecule has 1 aromatic carbocycles. The van der Waals surface area contributed by atoms with Crippen LogP contribution in [0.3, 0.4) is 0 Å². The van der Waals surface area contributed by atoms with E-state index >= 15 is 0 Å². The third-order valence-corrected chi connectivity index (χ3v) is 3.12. The quantitative estimate of drug-likeness (QED) is 0.811. The Kier molecular flexibility index (Phi) is 3.72. The van der Waals surface area contributed by atoms with Crippen molar-refractivity contribution in [1.82, 2.24) is 9.80 Å². The van der Waals surface area contributed by atoms with Gasteiger partial charge in [0.15, 0.2) is 0 Å². The maximum atomic E-state index is 12.2. The van der Waals surface area contributed by atoms with Gasteiger partial charge in [0.05, 0.1) is 0 Å². The molecule has 5 heteroatoms. The molecule has 98 valence electrons. The highest BCUT2D eigenvalue weighted by Gasteiger charge is 2.28. The first kappa shape index (κ1) is 12.7. The monoisotopic (exact) mass is 248 g/mol. The van der Waals surface area contributed by atoms with Gasteiger partial charge in [-0.05, 0) is 38.4 Å². The van der Waals surface area contributed by atoms with Gasteiger partial charge in [-0.25, -0.2) is 4.79 Å². The van der Waals surface area contributed by atoms with E-state index in [1.807, 2.05) is 43.3 Å². The van der Waals surface area contributed by atoms with Crippen LogP contribution in [0.15, 0.2) is 24.3 Å². The lowest BCUT2D eigenvalue weighted by Crippen LogP contribution is -2.36. The molecule has 0 atom stereocenters. The Hall–Kier alpha value is -1.75. The van der Waals surface area contributed by atoms with Crippen LogP contribution in [0.4, 0.5) is 16.2 Å².